The lowest BCUT2D eigenvalue weighted by Crippen LogP contribution is -2.54. The standard InChI is InChI=1S/C30H35ClFN3O6S/c1-20(29(37)33-30(2,3)4)34(18-21-7-9-22(31)10-8-21)28(36)19-35(24-13-11-23(32)12-14-24)42(38,39)25-15-16-26(40-5)27(17-25)41-6/h7-17,20H,18-19H2,1-6H3,(H,33,37)/t20-/m1/s1. The number of ether oxygens (including phenoxy) is 2. The maximum Gasteiger partial charge on any atom is 0.264 e. The van der Waals surface area contributed by atoms with Crippen LogP contribution in [0.5, 0.6) is 11.5 Å². The van der Waals surface area contributed by atoms with Gasteiger partial charge in [-0.25, -0.2) is 12.8 Å². The summed E-state index contributed by atoms with van der Waals surface area (Å²) < 4.78 is 53.2. The number of nitrogens with one attached hydrogen (secondary N) is 1. The van der Waals surface area contributed by atoms with E-state index in [9.17, 15) is 22.4 Å². The van der Waals surface area contributed by atoms with Crippen LogP contribution in [-0.2, 0) is 26.2 Å². The molecule has 3 rings (SSSR count). The molecule has 0 bridgehead atoms. The Balaban J connectivity index is 2.07. The zero-order valence-corrected chi connectivity index (χ0v) is 25.9. The zero-order chi connectivity index (χ0) is 31.2. The third-order valence-electron chi connectivity index (χ3n) is 6.27. The number of carbonyl (C=O) groups excluding carboxylic acids is 2. The van der Waals surface area contributed by atoms with Gasteiger partial charge in [-0.15, -0.1) is 0 Å². The highest BCUT2D eigenvalue weighted by molar-refractivity contribution is 7.92. The SMILES string of the molecule is COc1ccc(S(=O)(=O)N(CC(=O)N(Cc2ccc(Cl)cc2)[C@H](C)C(=O)NC(C)(C)C)c2ccc(F)cc2)cc1OC. The van der Waals surface area contributed by atoms with Crippen molar-refractivity contribution < 1.29 is 31.9 Å². The molecule has 0 radical (unpaired) electrons. The lowest BCUT2D eigenvalue weighted by atomic mass is 10.1. The second kappa shape index (κ2) is 13.4. The highest BCUT2D eigenvalue weighted by Crippen LogP contribution is 2.32. The predicted octanol–water partition coefficient (Wildman–Crippen LogP) is 5.02. The summed E-state index contributed by atoms with van der Waals surface area (Å²) >= 11 is 6.03. The summed E-state index contributed by atoms with van der Waals surface area (Å²) in [6.45, 7) is 6.34. The van der Waals surface area contributed by atoms with Crippen molar-refractivity contribution in [2.75, 3.05) is 25.1 Å². The minimum absolute atomic E-state index is 0.00238. The van der Waals surface area contributed by atoms with E-state index in [0.717, 1.165) is 16.4 Å². The number of halogens is 2. The molecule has 0 aliphatic heterocycles. The molecule has 3 aromatic carbocycles. The van der Waals surface area contributed by atoms with Crippen molar-refractivity contribution in [2.24, 2.45) is 0 Å². The molecule has 0 aliphatic carbocycles. The monoisotopic (exact) mass is 619 g/mol. The minimum Gasteiger partial charge on any atom is -0.493 e. The average Bonchev–Trinajstić information content (AvgIpc) is 2.94. The molecule has 9 nitrogen and oxygen atoms in total. The second-order valence-corrected chi connectivity index (χ2v) is 12.9. The molecule has 0 saturated heterocycles. The summed E-state index contributed by atoms with van der Waals surface area (Å²) in [5, 5.41) is 3.37. The quantitative estimate of drug-likeness (QED) is 0.323. The number of hydrogen-bond donors (Lipinski definition) is 1. The van der Waals surface area contributed by atoms with Crippen LogP contribution in [0.4, 0.5) is 10.1 Å². The van der Waals surface area contributed by atoms with Gasteiger partial charge in [-0.3, -0.25) is 13.9 Å². The van der Waals surface area contributed by atoms with E-state index in [4.69, 9.17) is 21.1 Å². The molecule has 0 heterocycles. The maximum absolute atomic E-state index is 14.0. The maximum atomic E-state index is 14.0. The molecule has 0 saturated carbocycles. The van der Waals surface area contributed by atoms with Crippen molar-refractivity contribution in [3.05, 3.63) is 83.1 Å². The van der Waals surface area contributed by atoms with Crippen molar-refractivity contribution >= 4 is 39.1 Å². The highest BCUT2D eigenvalue weighted by Gasteiger charge is 2.34. The zero-order valence-electron chi connectivity index (χ0n) is 24.4. The highest BCUT2D eigenvalue weighted by atomic mass is 35.5. The first kappa shape index (κ1) is 32.7. The van der Waals surface area contributed by atoms with Crippen molar-refractivity contribution in [1.29, 1.82) is 0 Å². The summed E-state index contributed by atoms with van der Waals surface area (Å²) in [6, 6.07) is 14.5. The molecule has 0 aliphatic rings. The molecular formula is C30H35ClFN3O6S. The van der Waals surface area contributed by atoms with Gasteiger partial charge in [0.25, 0.3) is 10.0 Å². The molecule has 1 N–H and O–H groups in total. The topological polar surface area (TPSA) is 105 Å². The van der Waals surface area contributed by atoms with Gasteiger partial charge >= 0.3 is 0 Å². The molecule has 2 amide bonds. The Hall–Kier alpha value is -3.83. The number of hydrogen-bond acceptors (Lipinski definition) is 6. The molecule has 0 spiro atoms. The molecule has 0 unspecified atom stereocenters. The average molecular weight is 620 g/mol. The van der Waals surface area contributed by atoms with E-state index >= 15 is 0 Å². The second-order valence-electron chi connectivity index (χ2n) is 10.6. The van der Waals surface area contributed by atoms with Gasteiger partial charge < -0.3 is 19.7 Å². The van der Waals surface area contributed by atoms with E-state index in [0.29, 0.717) is 16.3 Å². The summed E-state index contributed by atoms with van der Waals surface area (Å²) in [4.78, 5) is 28.3. The van der Waals surface area contributed by atoms with Gasteiger partial charge in [0.1, 0.15) is 18.4 Å². The van der Waals surface area contributed by atoms with Gasteiger partial charge in [-0.05, 0) is 81.8 Å². The van der Waals surface area contributed by atoms with Crippen LogP contribution in [0, 0.1) is 5.82 Å². The molecule has 0 fully saturated rings. The molecule has 3 aromatic rings. The molecule has 42 heavy (non-hydrogen) atoms. The normalized spacial score (nSPS) is 12.3. The Bertz CT molecular complexity index is 1510. The minimum atomic E-state index is -4.40. The third kappa shape index (κ3) is 8.13. The van der Waals surface area contributed by atoms with Crippen LogP contribution in [0.2, 0.25) is 5.02 Å². The van der Waals surface area contributed by atoms with Gasteiger partial charge in [0.2, 0.25) is 11.8 Å². The largest absolute Gasteiger partial charge is 0.493 e. The number of carbonyl (C=O) groups is 2. The first-order chi connectivity index (χ1) is 19.7. The first-order valence-electron chi connectivity index (χ1n) is 13.0. The van der Waals surface area contributed by atoms with E-state index in [1.807, 2.05) is 20.8 Å². The van der Waals surface area contributed by atoms with E-state index in [1.165, 1.54) is 49.5 Å². The fraction of sp³-hybridized carbons (Fsp3) is 0.333. The molecule has 12 heteroatoms. The number of anilines is 1. The summed E-state index contributed by atoms with van der Waals surface area (Å²) in [7, 11) is -1.61. The van der Waals surface area contributed by atoms with Gasteiger partial charge in [-0.2, -0.15) is 0 Å². The van der Waals surface area contributed by atoms with Crippen molar-refractivity contribution in [3.8, 4) is 11.5 Å². The number of methoxy groups -OCH3 is 2. The molecule has 226 valence electrons. The Kier molecular flexibility index (Phi) is 10.5. The van der Waals surface area contributed by atoms with Crippen LogP contribution >= 0.6 is 11.6 Å². The van der Waals surface area contributed by atoms with E-state index in [1.54, 1.807) is 31.2 Å². The van der Waals surface area contributed by atoms with Gasteiger partial charge in [-0.1, -0.05) is 23.7 Å². The Morgan fingerprint density at radius 1 is 0.952 bits per heavy atom. The van der Waals surface area contributed by atoms with Crippen LogP contribution in [0.15, 0.2) is 71.6 Å². The van der Waals surface area contributed by atoms with Crippen LogP contribution < -0.4 is 19.1 Å². The number of nitrogens with zero attached hydrogens (tertiary/aromatic N) is 2. The Labute approximate surface area is 251 Å². The van der Waals surface area contributed by atoms with Crippen molar-refractivity contribution in [1.82, 2.24) is 10.2 Å². The van der Waals surface area contributed by atoms with Crippen molar-refractivity contribution in [3.63, 3.8) is 0 Å². The molecule has 0 aromatic heterocycles. The van der Waals surface area contributed by atoms with E-state index in [-0.39, 0.29) is 22.9 Å². The van der Waals surface area contributed by atoms with E-state index in [2.05, 4.69) is 5.32 Å². The van der Waals surface area contributed by atoms with Crippen LogP contribution in [0.3, 0.4) is 0 Å². The lowest BCUT2D eigenvalue weighted by Gasteiger charge is -2.33. The van der Waals surface area contributed by atoms with Crippen LogP contribution in [-0.4, -0.2) is 57.5 Å². The van der Waals surface area contributed by atoms with E-state index < -0.39 is 45.8 Å². The first-order valence-corrected chi connectivity index (χ1v) is 14.8. The van der Waals surface area contributed by atoms with Crippen LogP contribution in [0.1, 0.15) is 33.3 Å². The number of sulfonamides is 1. The van der Waals surface area contributed by atoms with Crippen LogP contribution in [0.25, 0.3) is 0 Å². The van der Waals surface area contributed by atoms with Crippen molar-refractivity contribution in [2.45, 2.75) is 50.7 Å². The molecular weight excluding hydrogens is 585 g/mol. The fourth-order valence-electron chi connectivity index (χ4n) is 4.08. The summed E-state index contributed by atoms with van der Waals surface area (Å²) in [5.41, 5.74) is 0.161. The third-order valence-corrected chi connectivity index (χ3v) is 8.29. The van der Waals surface area contributed by atoms with Gasteiger partial charge in [0.15, 0.2) is 11.5 Å². The van der Waals surface area contributed by atoms with Gasteiger partial charge in [0, 0.05) is 23.2 Å². The fourth-order valence-corrected chi connectivity index (χ4v) is 5.64. The predicted molar refractivity (Wildman–Crippen MR) is 160 cm³/mol. The lowest BCUT2D eigenvalue weighted by molar-refractivity contribution is -0.140. The Morgan fingerprint density at radius 3 is 2.10 bits per heavy atom. The smallest absolute Gasteiger partial charge is 0.264 e. The number of rotatable bonds is 11. The summed E-state index contributed by atoms with van der Waals surface area (Å²) in [6.07, 6.45) is 0. The Morgan fingerprint density at radius 2 is 1.55 bits per heavy atom. The summed E-state index contributed by atoms with van der Waals surface area (Å²) in [5.74, 6) is -1.17. The molecule has 1 atom stereocenters. The van der Waals surface area contributed by atoms with Gasteiger partial charge in [0.05, 0.1) is 24.8 Å². The number of amides is 2. The number of benzene rings is 3.